The molecule has 26 heavy (non-hydrogen) atoms. The van der Waals surface area contributed by atoms with Gasteiger partial charge in [0.05, 0.1) is 47.6 Å². The first-order valence-electron chi connectivity index (χ1n) is 7.80. The second-order valence-corrected chi connectivity index (χ2v) is 6.03. The number of rotatable bonds is 4. The van der Waals surface area contributed by atoms with E-state index in [9.17, 15) is 4.39 Å². The highest BCUT2D eigenvalue weighted by Crippen LogP contribution is 2.27. The van der Waals surface area contributed by atoms with E-state index in [1.165, 1.54) is 18.5 Å². The van der Waals surface area contributed by atoms with Crippen LogP contribution in [0.5, 0.6) is 0 Å². The molecule has 1 atom stereocenters. The molecule has 0 amide bonds. The second kappa shape index (κ2) is 6.64. The van der Waals surface area contributed by atoms with Gasteiger partial charge in [-0.15, -0.1) is 0 Å². The first-order valence-corrected chi connectivity index (χ1v) is 8.18. The first-order chi connectivity index (χ1) is 12.6. The van der Waals surface area contributed by atoms with Crippen LogP contribution >= 0.6 is 11.6 Å². The van der Waals surface area contributed by atoms with Gasteiger partial charge in [0.25, 0.3) is 0 Å². The van der Waals surface area contributed by atoms with Crippen LogP contribution in [0.25, 0.3) is 16.9 Å². The molecule has 0 aliphatic heterocycles. The van der Waals surface area contributed by atoms with E-state index in [1.807, 2.05) is 6.92 Å². The Hall–Kier alpha value is -3.13. The molecule has 4 rings (SSSR count). The fourth-order valence-electron chi connectivity index (χ4n) is 2.53. The minimum atomic E-state index is -0.384. The molecule has 7 nitrogen and oxygen atoms in total. The van der Waals surface area contributed by atoms with Crippen molar-refractivity contribution in [3.05, 3.63) is 65.8 Å². The molecule has 0 aromatic carbocycles. The third kappa shape index (κ3) is 3.06. The quantitative estimate of drug-likeness (QED) is 0.592. The summed E-state index contributed by atoms with van der Waals surface area (Å²) < 4.78 is 14.7. The van der Waals surface area contributed by atoms with Gasteiger partial charge in [0.1, 0.15) is 16.7 Å². The van der Waals surface area contributed by atoms with Crippen molar-refractivity contribution < 1.29 is 4.39 Å². The molecule has 9 heteroatoms. The maximum Gasteiger partial charge on any atom is 0.165 e. The van der Waals surface area contributed by atoms with Crippen LogP contribution in [0.1, 0.15) is 18.7 Å². The number of halogens is 2. The van der Waals surface area contributed by atoms with Gasteiger partial charge in [-0.25, -0.2) is 18.9 Å². The highest BCUT2D eigenvalue weighted by Gasteiger charge is 2.15. The molecule has 0 saturated carbocycles. The molecule has 4 aromatic rings. The molecule has 0 bridgehead atoms. The summed E-state index contributed by atoms with van der Waals surface area (Å²) in [5.41, 5.74) is 2.20. The van der Waals surface area contributed by atoms with Gasteiger partial charge in [0, 0.05) is 12.4 Å². The highest BCUT2D eigenvalue weighted by atomic mass is 35.5. The summed E-state index contributed by atoms with van der Waals surface area (Å²) in [6.07, 6.45) is 9.46. The standard InChI is InChI=1S/C17H13ClFN7/c1-10(14-3-2-11(19)6-21-14)24-17-13(18)8-22-16(25-17)12-7-23-26-5-4-20-9-15(12)26/h2-10H,1H3,(H,22,24,25). The summed E-state index contributed by atoms with van der Waals surface area (Å²) in [7, 11) is 0. The average molecular weight is 370 g/mol. The number of hydrogen-bond acceptors (Lipinski definition) is 6. The molecule has 0 aliphatic carbocycles. The highest BCUT2D eigenvalue weighted by molar-refractivity contribution is 6.32. The van der Waals surface area contributed by atoms with Gasteiger partial charge in [-0.1, -0.05) is 11.6 Å². The third-order valence-electron chi connectivity index (χ3n) is 3.86. The van der Waals surface area contributed by atoms with Gasteiger partial charge in [-0.3, -0.25) is 9.97 Å². The summed E-state index contributed by atoms with van der Waals surface area (Å²) in [4.78, 5) is 17.0. The lowest BCUT2D eigenvalue weighted by Gasteiger charge is -2.15. The van der Waals surface area contributed by atoms with Gasteiger partial charge in [-0.05, 0) is 19.1 Å². The topological polar surface area (TPSA) is 80.9 Å². The number of aromatic nitrogens is 6. The zero-order valence-electron chi connectivity index (χ0n) is 13.6. The monoisotopic (exact) mass is 369 g/mol. The van der Waals surface area contributed by atoms with Crippen molar-refractivity contribution in [3.8, 4) is 11.4 Å². The summed E-state index contributed by atoms with van der Waals surface area (Å²) in [5, 5.41) is 7.82. The SMILES string of the molecule is CC(Nc1nc(-c2cnn3ccncc23)ncc1Cl)c1ccc(F)cn1. The molecule has 4 aromatic heterocycles. The molecule has 0 radical (unpaired) electrons. The van der Waals surface area contributed by atoms with Crippen LogP contribution in [0.3, 0.4) is 0 Å². The predicted octanol–water partition coefficient (Wildman–Crippen LogP) is 3.55. The van der Waals surface area contributed by atoms with Crippen molar-refractivity contribution >= 4 is 22.9 Å². The van der Waals surface area contributed by atoms with Crippen LogP contribution in [0.4, 0.5) is 10.2 Å². The van der Waals surface area contributed by atoms with Crippen LogP contribution in [-0.4, -0.2) is 29.5 Å². The number of nitrogens with one attached hydrogen (secondary N) is 1. The van der Waals surface area contributed by atoms with E-state index in [0.717, 1.165) is 11.1 Å². The average Bonchev–Trinajstić information content (AvgIpc) is 3.08. The molecule has 0 fully saturated rings. The van der Waals surface area contributed by atoms with Crippen LogP contribution < -0.4 is 5.32 Å². The lowest BCUT2D eigenvalue weighted by atomic mass is 10.2. The Morgan fingerprint density at radius 3 is 2.85 bits per heavy atom. The summed E-state index contributed by atoms with van der Waals surface area (Å²) in [5.74, 6) is 0.544. The lowest BCUT2D eigenvalue weighted by molar-refractivity contribution is 0.617. The van der Waals surface area contributed by atoms with E-state index in [2.05, 4.69) is 30.4 Å². The van der Waals surface area contributed by atoms with Gasteiger partial charge in [-0.2, -0.15) is 5.10 Å². The number of fused-ring (bicyclic) bond motifs is 1. The van der Waals surface area contributed by atoms with Crippen molar-refractivity contribution in [1.29, 1.82) is 0 Å². The van der Waals surface area contributed by atoms with E-state index in [0.29, 0.717) is 22.4 Å². The Kier molecular flexibility index (Phi) is 4.18. The van der Waals surface area contributed by atoms with Gasteiger partial charge in [0.15, 0.2) is 5.82 Å². The third-order valence-corrected chi connectivity index (χ3v) is 4.13. The fraction of sp³-hybridized carbons (Fsp3) is 0.118. The smallest absolute Gasteiger partial charge is 0.165 e. The normalized spacial score (nSPS) is 12.3. The number of nitrogens with zero attached hydrogens (tertiary/aromatic N) is 6. The molecule has 0 spiro atoms. The second-order valence-electron chi connectivity index (χ2n) is 5.62. The van der Waals surface area contributed by atoms with Crippen molar-refractivity contribution in [3.63, 3.8) is 0 Å². The minimum Gasteiger partial charge on any atom is -0.361 e. The van der Waals surface area contributed by atoms with E-state index in [1.54, 1.807) is 35.4 Å². The van der Waals surface area contributed by atoms with Crippen molar-refractivity contribution in [2.45, 2.75) is 13.0 Å². The van der Waals surface area contributed by atoms with Crippen LogP contribution in [0.15, 0.2) is 49.3 Å². The molecular formula is C17H13ClFN7. The molecule has 130 valence electrons. The van der Waals surface area contributed by atoms with Crippen LogP contribution in [0.2, 0.25) is 5.02 Å². The zero-order chi connectivity index (χ0) is 18.1. The van der Waals surface area contributed by atoms with Gasteiger partial charge in [0.2, 0.25) is 0 Å². The summed E-state index contributed by atoms with van der Waals surface area (Å²) in [6.45, 7) is 1.89. The fourth-order valence-corrected chi connectivity index (χ4v) is 2.67. The van der Waals surface area contributed by atoms with Crippen molar-refractivity contribution in [2.24, 2.45) is 0 Å². The number of hydrogen-bond donors (Lipinski definition) is 1. The largest absolute Gasteiger partial charge is 0.361 e. The van der Waals surface area contributed by atoms with E-state index in [-0.39, 0.29) is 11.9 Å². The maximum atomic E-state index is 13.0. The molecule has 4 heterocycles. The van der Waals surface area contributed by atoms with Crippen LogP contribution in [0, 0.1) is 5.82 Å². The van der Waals surface area contributed by atoms with Gasteiger partial charge >= 0.3 is 0 Å². The molecule has 1 N–H and O–H groups in total. The zero-order valence-corrected chi connectivity index (χ0v) is 14.4. The first kappa shape index (κ1) is 16.3. The Labute approximate surface area is 152 Å². The van der Waals surface area contributed by atoms with Crippen LogP contribution in [-0.2, 0) is 0 Å². The molecular weight excluding hydrogens is 357 g/mol. The maximum absolute atomic E-state index is 13.0. The van der Waals surface area contributed by atoms with Crippen molar-refractivity contribution in [1.82, 2.24) is 29.5 Å². The minimum absolute atomic E-state index is 0.221. The summed E-state index contributed by atoms with van der Waals surface area (Å²) in [6, 6.07) is 2.75. The van der Waals surface area contributed by atoms with E-state index in [4.69, 9.17) is 11.6 Å². The number of pyridine rings is 1. The molecule has 1 unspecified atom stereocenters. The molecule has 0 saturated heterocycles. The predicted molar refractivity (Wildman–Crippen MR) is 95.3 cm³/mol. The van der Waals surface area contributed by atoms with E-state index >= 15 is 0 Å². The number of anilines is 1. The Balaban J connectivity index is 1.67. The molecule has 0 aliphatic rings. The Bertz CT molecular complexity index is 1060. The van der Waals surface area contributed by atoms with Crippen molar-refractivity contribution in [2.75, 3.05) is 5.32 Å². The summed E-state index contributed by atoms with van der Waals surface area (Å²) >= 11 is 6.23. The lowest BCUT2D eigenvalue weighted by Crippen LogP contribution is -2.10. The van der Waals surface area contributed by atoms with E-state index < -0.39 is 0 Å². The van der Waals surface area contributed by atoms with Gasteiger partial charge < -0.3 is 5.32 Å². The Morgan fingerprint density at radius 2 is 2.04 bits per heavy atom. The Morgan fingerprint density at radius 1 is 1.15 bits per heavy atom.